The van der Waals surface area contributed by atoms with Gasteiger partial charge in [0.1, 0.15) is 11.6 Å². The molecule has 1 unspecified atom stereocenters. The van der Waals surface area contributed by atoms with Gasteiger partial charge in [0.2, 0.25) is 0 Å². The molecule has 88 valence electrons. The van der Waals surface area contributed by atoms with E-state index in [9.17, 15) is 13.9 Å². The summed E-state index contributed by atoms with van der Waals surface area (Å²) in [5, 5.41) is 10.2. The number of benzene rings is 1. The summed E-state index contributed by atoms with van der Waals surface area (Å²) in [6.07, 6.45) is 3.08. The molecule has 0 heterocycles. The zero-order valence-electron chi connectivity index (χ0n) is 9.34. The van der Waals surface area contributed by atoms with Gasteiger partial charge < -0.3 is 5.11 Å². The van der Waals surface area contributed by atoms with Crippen molar-refractivity contribution in [3.8, 4) is 0 Å². The van der Waals surface area contributed by atoms with Gasteiger partial charge in [0.05, 0.1) is 6.10 Å². The molecule has 1 aliphatic rings. The maximum absolute atomic E-state index is 13.5. The van der Waals surface area contributed by atoms with E-state index in [4.69, 9.17) is 0 Å². The second-order valence-corrected chi connectivity index (χ2v) is 4.93. The van der Waals surface area contributed by atoms with Gasteiger partial charge in [-0.25, -0.2) is 8.78 Å². The Morgan fingerprint density at radius 3 is 2.44 bits per heavy atom. The van der Waals surface area contributed by atoms with Crippen molar-refractivity contribution in [1.82, 2.24) is 0 Å². The smallest absolute Gasteiger partial charge is 0.131 e. The second kappa shape index (κ2) is 4.13. The molecule has 1 nitrogen and oxygen atoms in total. The average molecular weight is 226 g/mol. The van der Waals surface area contributed by atoms with Crippen molar-refractivity contribution < 1.29 is 13.9 Å². The first-order valence-corrected chi connectivity index (χ1v) is 5.66. The number of aliphatic hydroxyl groups excluding tert-OH is 1. The van der Waals surface area contributed by atoms with E-state index in [-0.39, 0.29) is 11.0 Å². The van der Waals surface area contributed by atoms with Crippen LogP contribution < -0.4 is 0 Å². The standard InChI is InChI=1S/C13H16F2O/c1-13(6-2-3-7-13)12(16)10-5-4-9(14)8-11(10)15/h4-5,8,12,16H,2-3,6-7H2,1H3. The Morgan fingerprint density at radius 1 is 1.25 bits per heavy atom. The highest BCUT2D eigenvalue weighted by Gasteiger charge is 2.37. The lowest BCUT2D eigenvalue weighted by Gasteiger charge is -2.30. The normalized spacial score (nSPS) is 21.0. The summed E-state index contributed by atoms with van der Waals surface area (Å²) < 4.78 is 26.3. The molecule has 1 aromatic carbocycles. The summed E-state index contributed by atoms with van der Waals surface area (Å²) in [5.74, 6) is -1.26. The van der Waals surface area contributed by atoms with E-state index in [1.54, 1.807) is 0 Å². The third kappa shape index (κ3) is 1.96. The predicted octanol–water partition coefficient (Wildman–Crippen LogP) is 3.58. The zero-order valence-corrected chi connectivity index (χ0v) is 9.34. The summed E-state index contributed by atoms with van der Waals surface area (Å²) in [6.45, 7) is 1.97. The first-order valence-electron chi connectivity index (χ1n) is 5.66. The molecule has 0 amide bonds. The summed E-state index contributed by atoms with van der Waals surface area (Å²) in [5.41, 5.74) is -0.0515. The second-order valence-electron chi connectivity index (χ2n) is 4.93. The zero-order chi connectivity index (χ0) is 11.8. The van der Waals surface area contributed by atoms with Gasteiger partial charge in [-0.3, -0.25) is 0 Å². The Bertz CT molecular complexity index is 384. The molecular formula is C13H16F2O. The van der Waals surface area contributed by atoms with Crippen LogP contribution in [0.15, 0.2) is 18.2 Å². The van der Waals surface area contributed by atoms with E-state index in [0.29, 0.717) is 0 Å². The van der Waals surface area contributed by atoms with Crippen molar-refractivity contribution in [1.29, 1.82) is 0 Å². The molecule has 0 saturated heterocycles. The lowest BCUT2D eigenvalue weighted by Crippen LogP contribution is -2.22. The minimum absolute atomic E-state index is 0.214. The van der Waals surface area contributed by atoms with E-state index in [1.807, 2.05) is 6.92 Å². The number of hydrogen-bond acceptors (Lipinski definition) is 1. The maximum Gasteiger partial charge on any atom is 0.131 e. The van der Waals surface area contributed by atoms with Gasteiger partial charge in [-0.2, -0.15) is 0 Å². The van der Waals surface area contributed by atoms with E-state index in [0.717, 1.165) is 31.7 Å². The first-order chi connectivity index (χ1) is 7.53. The van der Waals surface area contributed by atoms with Crippen LogP contribution in [0.4, 0.5) is 8.78 Å². The average Bonchev–Trinajstić information content (AvgIpc) is 2.66. The van der Waals surface area contributed by atoms with Crippen LogP contribution in [0.1, 0.15) is 44.3 Å². The monoisotopic (exact) mass is 226 g/mol. The minimum Gasteiger partial charge on any atom is -0.388 e. The quantitative estimate of drug-likeness (QED) is 0.817. The molecule has 0 aliphatic heterocycles. The van der Waals surface area contributed by atoms with Gasteiger partial charge in [0.15, 0.2) is 0 Å². The van der Waals surface area contributed by atoms with Crippen molar-refractivity contribution >= 4 is 0 Å². The fourth-order valence-electron chi connectivity index (χ4n) is 2.55. The third-order valence-electron chi connectivity index (χ3n) is 3.66. The summed E-state index contributed by atoms with van der Waals surface area (Å²) in [7, 11) is 0. The lowest BCUT2D eigenvalue weighted by molar-refractivity contribution is 0.0379. The van der Waals surface area contributed by atoms with Crippen LogP contribution in [-0.4, -0.2) is 5.11 Å². The molecule has 2 rings (SSSR count). The van der Waals surface area contributed by atoms with Crippen LogP contribution in [0.3, 0.4) is 0 Å². The highest BCUT2D eigenvalue weighted by atomic mass is 19.1. The Kier molecular flexibility index (Phi) is 2.98. The number of hydrogen-bond donors (Lipinski definition) is 1. The molecule has 1 fully saturated rings. The molecule has 0 spiro atoms. The van der Waals surface area contributed by atoms with Crippen LogP contribution in [-0.2, 0) is 0 Å². The molecular weight excluding hydrogens is 210 g/mol. The maximum atomic E-state index is 13.5. The number of halogens is 2. The number of rotatable bonds is 2. The molecule has 0 radical (unpaired) electrons. The Hall–Kier alpha value is -0.960. The highest BCUT2D eigenvalue weighted by molar-refractivity contribution is 5.23. The summed E-state index contributed by atoms with van der Waals surface area (Å²) >= 11 is 0. The fourth-order valence-corrected chi connectivity index (χ4v) is 2.55. The Labute approximate surface area is 94.1 Å². The third-order valence-corrected chi connectivity index (χ3v) is 3.66. The molecule has 1 N–H and O–H groups in total. The van der Waals surface area contributed by atoms with Crippen molar-refractivity contribution in [2.24, 2.45) is 5.41 Å². The van der Waals surface area contributed by atoms with E-state index >= 15 is 0 Å². The van der Waals surface area contributed by atoms with Crippen LogP contribution in [0, 0.1) is 17.0 Å². The minimum atomic E-state index is -0.837. The van der Waals surface area contributed by atoms with Crippen molar-refractivity contribution in [2.75, 3.05) is 0 Å². The van der Waals surface area contributed by atoms with Gasteiger partial charge in [-0.05, 0) is 24.3 Å². The van der Waals surface area contributed by atoms with Crippen LogP contribution in [0.5, 0.6) is 0 Å². The SMILES string of the molecule is CC1(C(O)c2ccc(F)cc2F)CCCC1. The van der Waals surface area contributed by atoms with Crippen molar-refractivity contribution in [2.45, 2.75) is 38.7 Å². The Morgan fingerprint density at radius 2 is 1.88 bits per heavy atom. The molecule has 3 heteroatoms. The Balaban J connectivity index is 2.29. The molecule has 0 bridgehead atoms. The molecule has 1 saturated carbocycles. The first kappa shape index (κ1) is 11.5. The summed E-state index contributed by atoms with van der Waals surface area (Å²) in [6, 6.07) is 3.37. The van der Waals surface area contributed by atoms with Crippen LogP contribution in [0.2, 0.25) is 0 Å². The largest absolute Gasteiger partial charge is 0.388 e. The summed E-state index contributed by atoms with van der Waals surface area (Å²) in [4.78, 5) is 0. The highest BCUT2D eigenvalue weighted by Crippen LogP contribution is 2.47. The van der Waals surface area contributed by atoms with Gasteiger partial charge in [-0.15, -0.1) is 0 Å². The van der Waals surface area contributed by atoms with E-state index in [1.165, 1.54) is 12.1 Å². The van der Waals surface area contributed by atoms with Crippen LogP contribution in [0.25, 0.3) is 0 Å². The number of aliphatic hydroxyl groups is 1. The van der Waals surface area contributed by atoms with Gasteiger partial charge in [-0.1, -0.05) is 25.8 Å². The molecule has 1 aliphatic carbocycles. The topological polar surface area (TPSA) is 20.2 Å². The predicted molar refractivity (Wildman–Crippen MR) is 57.9 cm³/mol. The van der Waals surface area contributed by atoms with Gasteiger partial charge >= 0.3 is 0 Å². The van der Waals surface area contributed by atoms with Crippen molar-refractivity contribution in [3.05, 3.63) is 35.4 Å². The lowest BCUT2D eigenvalue weighted by atomic mass is 9.79. The van der Waals surface area contributed by atoms with E-state index in [2.05, 4.69) is 0 Å². The fraction of sp³-hybridized carbons (Fsp3) is 0.538. The van der Waals surface area contributed by atoms with Crippen molar-refractivity contribution in [3.63, 3.8) is 0 Å². The molecule has 16 heavy (non-hydrogen) atoms. The molecule has 1 atom stereocenters. The van der Waals surface area contributed by atoms with Crippen LogP contribution >= 0.6 is 0 Å². The molecule has 1 aromatic rings. The van der Waals surface area contributed by atoms with E-state index < -0.39 is 17.7 Å². The van der Waals surface area contributed by atoms with Gasteiger partial charge in [0.25, 0.3) is 0 Å². The van der Waals surface area contributed by atoms with Gasteiger partial charge in [0, 0.05) is 11.6 Å². The molecule has 0 aromatic heterocycles.